The van der Waals surface area contributed by atoms with Crippen molar-refractivity contribution < 1.29 is 14.3 Å². The number of amides is 2. The van der Waals surface area contributed by atoms with Gasteiger partial charge >= 0.3 is 6.03 Å². The van der Waals surface area contributed by atoms with E-state index in [0.717, 1.165) is 37.3 Å². The zero-order chi connectivity index (χ0) is 15.3. The van der Waals surface area contributed by atoms with Gasteiger partial charge in [-0.05, 0) is 37.6 Å². The van der Waals surface area contributed by atoms with Crippen LogP contribution >= 0.6 is 0 Å². The van der Waals surface area contributed by atoms with Crippen molar-refractivity contribution in [3.63, 3.8) is 0 Å². The van der Waals surface area contributed by atoms with Crippen LogP contribution in [0.4, 0.5) is 4.79 Å². The van der Waals surface area contributed by atoms with E-state index in [1.54, 1.807) is 0 Å². The van der Waals surface area contributed by atoms with Gasteiger partial charge in [-0.25, -0.2) is 4.79 Å². The first kappa shape index (κ1) is 17.1. The lowest BCUT2D eigenvalue weighted by molar-refractivity contribution is 0.236. The van der Waals surface area contributed by atoms with Crippen LogP contribution in [-0.4, -0.2) is 32.3 Å². The fourth-order valence-corrected chi connectivity index (χ4v) is 1.77. The van der Waals surface area contributed by atoms with E-state index in [0.29, 0.717) is 19.8 Å². The molecule has 0 aliphatic rings. The van der Waals surface area contributed by atoms with Crippen LogP contribution in [0.3, 0.4) is 0 Å². The topological polar surface area (TPSA) is 59.6 Å². The van der Waals surface area contributed by atoms with Crippen LogP contribution in [0.25, 0.3) is 0 Å². The Hall–Kier alpha value is -1.91. The minimum absolute atomic E-state index is 0.138. The number of nitrogens with one attached hydrogen (secondary N) is 2. The molecule has 0 bridgehead atoms. The lowest BCUT2D eigenvalue weighted by atomic mass is 10.2. The smallest absolute Gasteiger partial charge is 0.314 e. The van der Waals surface area contributed by atoms with E-state index in [1.165, 1.54) is 0 Å². The van der Waals surface area contributed by atoms with Crippen LogP contribution in [0.5, 0.6) is 11.5 Å². The Morgan fingerprint density at radius 3 is 2.19 bits per heavy atom. The molecule has 0 spiro atoms. The van der Waals surface area contributed by atoms with Crippen molar-refractivity contribution in [3.8, 4) is 11.5 Å². The van der Waals surface area contributed by atoms with Gasteiger partial charge in [-0.3, -0.25) is 0 Å². The van der Waals surface area contributed by atoms with E-state index >= 15 is 0 Å². The molecule has 2 N–H and O–H groups in total. The van der Waals surface area contributed by atoms with E-state index in [4.69, 9.17) is 9.47 Å². The maximum Gasteiger partial charge on any atom is 0.314 e. The van der Waals surface area contributed by atoms with Gasteiger partial charge in [0.25, 0.3) is 0 Å². The summed E-state index contributed by atoms with van der Waals surface area (Å²) in [4.78, 5) is 11.4. The van der Waals surface area contributed by atoms with Crippen molar-refractivity contribution in [2.45, 2.75) is 33.1 Å². The summed E-state index contributed by atoms with van der Waals surface area (Å²) in [7, 11) is 0. The van der Waals surface area contributed by atoms with Gasteiger partial charge in [-0.2, -0.15) is 0 Å². The highest BCUT2D eigenvalue weighted by Gasteiger charge is 1.99. The standard InChI is InChI=1S/C16H26N2O3/c1-3-5-6-11-17-16(19)18-12-13-21-15-9-7-14(8-10-15)20-4-2/h7-10H,3-6,11-13H2,1-2H3,(H2,17,18,19). The lowest BCUT2D eigenvalue weighted by Crippen LogP contribution is -2.38. The van der Waals surface area contributed by atoms with E-state index in [-0.39, 0.29) is 6.03 Å². The summed E-state index contributed by atoms with van der Waals surface area (Å²) in [5.74, 6) is 1.60. The average Bonchev–Trinajstić information content (AvgIpc) is 2.50. The molecule has 21 heavy (non-hydrogen) atoms. The predicted octanol–water partition coefficient (Wildman–Crippen LogP) is 2.95. The highest BCUT2D eigenvalue weighted by atomic mass is 16.5. The molecule has 1 aromatic rings. The molecule has 0 fully saturated rings. The van der Waals surface area contributed by atoms with E-state index in [2.05, 4.69) is 17.6 Å². The SMILES string of the molecule is CCCCCNC(=O)NCCOc1ccc(OCC)cc1. The van der Waals surface area contributed by atoms with E-state index < -0.39 is 0 Å². The molecule has 0 aromatic heterocycles. The Bertz CT molecular complexity index is 393. The molecule has 2 amide bonds. The third kappa shape index (κ3) is 8.07. The van der Waals surface area contributed by atoms with Crippen molar-refractivity contribution in [1.29, 1.82) is 0 Å². The zero-order valence-electron chi connectivity index (χ0n) is 13.0. The van der Waals surface area contributed by atoms with E-state index in [9.17, 15) is 4.79 Å². The summed E-state index contributed by atoms with van der Waals surface area (Å²) in [5.41, 5.74) is 0. The van der Waals surface area contributed by atoms with Crippen LogP contribution in [0.2, 0.25) is 0 Å². The Balaban J connectivity index is 2.09. The summed E-state index contributed by atoms with van der Waals surface area (Å²) in [6.07, 6.45) is 3.31. The van der Waals surface area contributed by atoms with Crippen molar-refractivity contribution in [2.75, 3.05) is 26.3 Å². The molecular formula is C16H26N2O3. The first-order chi connectivity index (χ1) is 10.3. The summed E-state index contributed by atoms with van der Waals surface area (Å²) in [6.45, 7) is 6.38. The molecule has 0 aliphatic carbocycles. The number of hydrogen-bond acceptors (Lipinski definition) is 3. The molecule has 1 rings (SSSR count). The van der Waals surface area contributed by atoms with Crippen LogP contribution in [0, 0.1) is 0 Å². The van der Waals surface area contributed by atoms with Gasteiger partial charge in [0.2, 0.25) is 0 Å². The maximum atomic E-state index is 11.4. The highest BCUT2D eigenvalue weighted by Crippen LogP contribution is 2.17. The fraction of sp³-hybridized carbons (Fsp3) is 0.562. The second-order valence-electron chi connectivity index (χ2n) is 4.64. The Morgan fingerprint density at radius 1 is 0.952 bits per heavy atom. The summed E-state index contributed by atoms with van der Waals surface area (Å²) < 4.78 is 10.9. The highest BCUT2D eigenvalue weighted by molar-refractivity contribution is 5.73. The van der Waals surface area contributed by atoms with Gasteiger partial charge < -0.3 is 20.1 Å². The molecule has 5 nitrogen and oxygen atoms in total. The molecule has 0 saturated carbocycles. The van der Waals surface area contributed by atoms with Crippen LogP contribution < -0.4 is 20.1 Å². The number of rotatable bonds is 10. The quantitative estimate of drug-likeness (QED) is 0.652. The second kappa shape index (κ2) is 10.8. The number of carbonyl (C=O) groups excluding carboxylic acids is 1. The van der Waals surface area contributed by atoms with Crippen LogP contribution in [-0.2, 0) is 0 Å². The number of ether oxygens (including phenoxy) is 2. The molecule has 0 aliphatic heterocycles. The minimum atomic E-state index is -0.138. The van der Waals surface area contributed by atoms with Gasteiger partial charge in [-0.15, -0.1) is 0 Å². The Morgan fingerprint density at radius 2 is 1.57 bits per heavy atom. The molecule has 0 radical (unpaired) electrons. The molecule has 0 atom stereocenters. The molecule has 5 heteroatoms. The van der Waals surface area contributed by atoms with Crippen molar-refractivity contribution in [3.05, 3.63) is 24.3 Å². The van der Waals surface area contributed by atoms with Crippen molar-refractivity contribution in [1.82, 2.24) is 10.6 Å². The first-order valence-electron chi connectivity index (χ1n) is 7.63. The summed E-state index contributed by atoms with van der Waals surface area (Å²) >= 11 is 0. The molecular weight excluding hydrogens is 268 g/mol. The monoisotopic (exact) mass is 294 g/mol. The van der Waals surface area contributed by atoms with Crippen LogP contribution in [0.1, 0.15) is 33.1 Å². The molecule has 0 unspecified atom stereocenters. The largest absolute Gasteiger partial charge is 0.494 e. The first-order valence-corrected chi connectivity index (χ1v) is 7.63. The minimum Gasteiger partial charge on any atom is -0.494 e. The number of unbranched alkanes of at least 4 members (excludes halogenated alkanes) is 2. The fourth-order valence-electron chi connectivity index (χ4n) is 1.77. The summed E-state index contributed by atoms with van der Waals surface area (Å²) in [6, 6.07) is 7.31. The van der Waals surface area contributed by atoms with Gasteiger partial charge in [0.05, 0.1) is 13.2 Å². The van der Waals surface area contributed by atoms with E-state index in [1.807, 2.05) is 31.2 Å². The van der Waals surface area contributed by atoms with Gasteiger partial charge in [0.15, 0.2) is 0 Å². The van der Waals surface area contributed by atoms with Gasteiger partial charge in [0, 0.05) is 6.54 Å². The van der Waals surface area contributed by atoms with Crippen LogP contribution in [0.15, 0.2) is 24.3 Å². The molecule has 1 aromatic carbocycles. The number of urea groups is 1. The molecule has 0 saturated heterocycles. The number of carbonyl (C=O) groups is 1. The number of hydrogen-bond donors (Lipinski definition) is 2. The Labute approximate surface area is 127 Å². The van der Waals surface area contributed by atoms with Gasteiger partial charge in [0.1, 0.15) is 18.1 Å². The predicted molar refractivity (Wildman–Crippen MR) is 84.0 cm³/mol. The van der Waals surface area contributed by atoms with Gasteiger partial charge in [-0.1, -0.05) is 19.8 Å². The average molecular weight is 294 g/mol. The third-order valence-electron chi connectivity index (χ3n) is 2.86. The third-order valence-corrected chi connectivity index (χ3v) is 2.86. The van der Waals surface area contributed by atoms with Crippen molar-refractivity contribution >= 4 is 6.03 Å². The number of benzene rings is 1. The second-order valence-corrected chi connectivity index (χ2v) is 4.64. The normalized spacial score (nSPS) is 10.0. The Kier molecular flexibility index (Phi) is 8.84. The molecule has 118 valence electrons. The summed E-state index contributed by atoms with van der Waals surface area (Å²) in [5, 5.41) is 5.58. The zero-order valence-corrected chi connectivity index (χ0v) is 13.0. The lowest BCUT2D eigenvalue weighted by Gasteiger charge is -2.09. The molecule has 0 heterocycles. The van der Waals surface area contributed by atoms with Crippen molar-refractivity contribution in [2.24, 2.45) is 0 Å². The maximum absolute atomic E-state index is 11.4.